The topological polar surface area (TPSA) is 67.9 Å². The van der Waals surface area contributed by atoms with Crippen LogP contribution in [0, 0.1) is 5.92 Å². The van der Waals surface area contributed by atoms with Crippen molar-refractivity contribution in [3.63, 3.8) is 0 Å². The van der Waals surface area contributed by atoms with Crippen LogP contribution in [-0.4, -0.2) is 34.9 Å². The van der Waals surface area contributed by atoms with Gasteiger partial charge in [0, 0.05) is 10.6 Å². The number of rotatable bonds is 8. The third kappa shape index (κ3) is 6.50. The van der Waals surface area contributed by atoms with Crippen molar-refractivity contribution < 1.29 is 19.1 Å². The van der Waals surface area contributed by atoms with Crippen molar-refractivity contribution in [3.8, 4) is 11.5 Å². The van der Waals surface area contributed by atoms with Gasteiger partial charge < -0.3 is 9.47 Å². The quantitative estimate of drug-likeness (QED) is 0.307. The molecule has 0 aliphatic carbocycles. The van der Waals surface area contributed by atoms with Crippen LogP contribution >= 0.6 is 51.5 Å². The highest BCUT2D eigenvalue weighted by molar-refractivity contribution is 9.10. The first-order chi connectivity index (χ1) is 15.7. The number of benzene rings is 2. The summed E-state index contributed by atoms with van der Waals surface area (Å²) < 4.78 is 12.3. The Morgan fingerprint density at radius 2 is 2.00 bits per heavy atom. The number of nitrogens with zero attached hydrogens (tertiary/aromatic N) is 1. The highest BCUT2D eigenvalue weighted by atomic mass is 79.9. The van der Waals surface area contributed by atoms with Crippen molar-refractivity contribution in [3.05, 3.63) is 61.9 Å². The SMILES string of the molecule is COc1cc(/C=C2/SC(=S)N(NC(=O)c3ccc(Cl)cc3)C2=O)cc(Br)c1OCCC(C)C. The number of thioether (sulfide) groups is 1. The zero-order valence-electron chi connectivity index (χ0n) is 18.2. The molecule has 1 fully saturated rings. The van der Waals surface area contributed by atoms with Gasteiger partial charge in [0.15, 0.2) is 15.8 Å². The maximum atomic E-state index is 12.9. The van der Waals surface area contributed by atoms with Gasteiger partial charge in [-0.3, -0.25) is 15.0 Å². The highest BCUT2D eigenvalue weighted by Gasteiger charge is 2.34. The smallest absolute Gasteiger partial charge is 0.285 e. The zero-order chi connectivity index (χ0) is 24.1. The van der Waals surface area contributed by atoms with Crippen molar-refractivity contribution in [1.82, 2.24) is 10.4 Å². The first-order valence-corrected chi connectivity index (χ1v) is 12.4. The van der Waals surface area contributed by atoms with E-state index in [4.69, 9.17) is 33.3 Å². The summed E-state index contributed by atoms with van der Waals surface area (Å²) in [7, 11) is 1.56. The minimum atomic E-state index is -0.462. The van der Waals surface area contributed by atoms with Crippen molar-refractivity contribution in [2.45, 2.75) is 20.3 Å². The number of amides is 2. The average Bonchev–Trinajstić information content (AvgIpc) is 3.02. The number of ether oxygens (including phenoxy) is 2. The molecule has 0 radical (unpaired) electrons. The Bertz CT molecular complexity index is 1110. The predicted molar refractivity (Wildman–Crippen MR) is 140 cm³/mol. The van der Waals surface area contributed by atoms with E-state index < -0.39 is 11.8 Å². The molecule has 0 aromatic heterocycles. The molecule has 174 valence electrons. The van der Waals surface area contributed by atoms with E-state index in [1.807, 2.05) is 6.07 Å². The van der Waals surface area contributed by atoms with Crippen LogP contribution in [0.4, 0.5) is 0 Å². The molecule has 0 bridgehead atoms. The van der Waals surface area contributed by atoms with Crippen LogP contribution in [0.2, 0.25) is 5.02 Å². The summed E-state index contributed by atoms with van der Waals surface area (Å²) >= 11 is 15.8. The van der Waals surface area contributed by atoms with Gasteiger partial charge in [0.1, 0.15) is 0 Å². The van der Waals surface area contributed by atoms with Crippen molar-refractivity contribution in [2.75, 3.05) is 13.7 Å². The Morgan fingerprint density at radius 3 is 2.64 bits per heavy atom. The first-order valence-electron chi connectivity index (χ1n) is 10.0. The summed E-state index contributed by atoms with van der Waals surface area (Å²) in [5, 5.41) is 1.58. The van der Waals surface area contributed by atoms with Crippen molar-refractivity contribution in [2.24, 2.45) is 5.92 Å². The van der Waals surface area contributed by atoms with Crippen LogP contribution in [0.3, 0.4) is 0 Å². The molecule has 0 atom stereocenters. The van der Waals surface area contributed by atoms with Crippen molar-refractivity contribution in [1.29, 1.82) is 0 Å². The molecule has 2 aromatic carbocycles. The molecule has 1 saturated heterocycles. The van der Waals surface area contributed by atoms with Crippen molar-refractivity contribution >= 4 is 73.7 Å². The Labute approximate surface area is 215 Å². The van der Waals surface area contributed by atoms with Gasteiger partial charge in [-0.05, 0) is 88.5 Å². The minimum Gasteiger partial charge on any atom is -0.493 e. The van der Waals surface area contributed by atoms with Crippen LogP contribution < -0.4 is 14.9 Å². The summed E-state index contributed by atoms with van der Waals surface area (Å²) in [4.78, 5) is 25.8. The number of carbonyl (C=O) groups is 2. The summed E-state index contributed by atoms with van der Waals surface area (Å²) in [5.74, 6) is 0.802. The van der Waals surface area contributed by atoms with Gasteiger partial charge in [0.05, 0.1) is 23.1 Å². The number of carbonyl (C=O) groups excluding carboxylic acids is 2. The molecular weight excluding hydrogens is 548 g/mol. The second-order valence-electron chi connectivity index (χ2n) is 7.53. The Kier molecular flexibility index (Phi) is 8.81. The standard InChI is InChI=1S/C23H22BrClN2O4S2/c1-13(2)8-9-31-20-17(24)10-14(11-18(20)30-3)12-19-22(29)27(23(32)33-19)26-21(28)15-4-6-16(25)7-5-15/h4-7,10-13H,8-9H2,1-3H3,(H,26,28)/b19-12+. The number of methoxy groups -OCH3 is 1. The van der Waals surface area contributed by atoms with Crippen LogP contribution in [0.25, 0.3) is 6.08 Å². The molecule has 1 aliphatic rings. The summed E-state index contributed by atoms with van der Waals surface area (Å²) in [5.41, 5.74) is 3.63. The lowest BCUT2D eigenvalue weighted by atomic mass is 10.1. The van der Waals surface area contributed by atoms with Gasteiger partial charge in [-0.1, -0.05) is 37.2 Å². The molecule has 1 heterocycles. The Morgan fingerprint density at radius 1 is 1.30 bits per heavy atom. The highest BCUT2D eigenvalue weighted by Crippen LogP contribution is 2.39. The van der Waals surface area contributed by atoms with E-state index in [0.717, 1.165) is 28.8 Å². The number of thiocarbonyl (C=S) groups is 1. The van der Waals surface area contributed by atoms with E-state index >= 15 is 0 Å². The first kappa shape index (κ1) is 25.6. The van der Waals surface area contributed by atoms with Gasteiger partial charge in [-0.2, -0.15) is 5.01 Å². The maximum Gasteiger partial charge on any atom is 0.285 e. The van der Waals surface area contributed by atoms with E-state index in [2.05, 4.69) is 35.2 Å². The number of hydrogen-bond acceptors (Lipinski definition) is 6. The normalized spacial score (nSPS) is 14.8. The summed E-state index contributed by atoms with van der Waals surface area (Å²) in [6.07, 6.45) is 2.61. The summed E-state index contributed by atoms with van der Waals surface area (Å²) in [6, 6.07) is 9.96. The third-order valence-corrected chi connectivity index (χ3v) is 6.75. The molecule has 0 spiro atoms. The molecule has 0 unspecified atom stereocenters. The molecule has 1 aliphatic heterocycles. The van der Waals surface area contributed by atoms with Gasteiger partial charge in [0.2, 0.25) is 0 Å². The zero-order valence-corrected chi connectivity index (χ0v) is 22.2. The fraction of sp³-hybridized carbons (Fsp3) is 0.261. The number of hydrazine groups is 1. The molecule has 0 saturated carbocycles. The van der Waals surface area contributed by atoms with E-state index in [1.165, 1.54) is 0 Å². The molecule has 10 heteroatoms. The van der Waals surface area contributed by atoms with E-state index in [9.17, 15) is 9.59 Å². The number of halogens is 2. The second kappa shape index (κ2) is 11.4. The number of hydrogen-bond donors (Lipinski definition) is 1. The van der Waals surface area contributed by atoms with Crippen LogP contribution in [0.5, 0.6) is 11.5 Å². The van der Waals surface area contributed by atoms with Gasteiger partial charge in [0.25, 0.3) is 11.8 Å². The lowest BCUT2D eigenvalue weighted by Gasteiger charge is -2.15. The van der Waals surface area contributed by atoms with Gasteiger partial charge in [-0.15, -0.1) is 0 Å². The largest absolute Gasteiger partial charge is 0.493 e. The Hall–Kier alpha value is -2.07. The minimum absolute atomic E-state index is 0.230. The van der Waals surface area contributed by atoms with E-state index in [0.29, 0.717) is 44.0 Å². The predicted octanol–water partition coefficient (Wildman–Crippen LogP) is 6.08. The van der Waals surface area contributed by atoms with Crippen LogP contribution in [-0.2, 0) is 4.79 Å². The molecule has 2 aromatic rings. The van der Waals surface area contributed by atoms with Crippen LogP contribution in [0.1, 0.15) is 36.2 Å². The third-order valence-electron chi connectivity index (χ3n) is 4.60. The molecule has 33 heavy (non-hydrogen) atoms. The fourth-order valence-corrected chi connectivity index (χ4v) is 4.72. The van der Waals surface area contributed by atoms with Crippen LogP contribution in [0.15, 0.2) is 45.8 Å². The molecular formula is C23H22BrClN2O4S2. The van der Waals surface area contributed by atoms with E-state index in [1.54, 1.807) is 43.5 Å². The lowest BCUT2D eigenvalue weighted by molar-refractivity contribution is -0.123. The molecule has 6 nitrogen and oxygen atoms in total. The molecule has 3 rings (SSSR count). The van der Waals surface area contributed by atoms with Gasteiger partial charge in [-0.25, -0.2) is 0 Å². The Balaban J connectivity index is 1.77. The second-order valence-corrected chi connectivity index (χ2v) is 10.5. The number of nitrogens with one attached hydrogen (secondary N) is 1. The monoisotopic (exact) mass is 568 g/mol. The fourth-order valence-electron chi connectivity index (χ4n) is 2.84. The average molecular weight is 570 g/mol. The molecule has 1 N–H and O–H groups in total. The maximum absolute atomic E-state index is 12.9. The lowest BCUT2D eigenvalue weighted by Crippen LogP contribution is -2.44. The molecule has 2 amide bonds. The summed E-state index contributed by atoms with van der Waals surface area (Å²) in [6.45, 7) is 4.83. The van der Waals surface area contributed by atoms with Gasteiger partial charge >= 0.3 is 0 Å². The van der Waals surface area contributed by atoms with E-state index in [-0.39, 0.29) is 4.32 Å².